The molecule has 158 valence electrons. The number of hydrogen-bond acceptors (Lipinski definition) is 3. The van der Waals surface area contributed by atoms with Gasteiger partial charge in [-0.05, 0) is 83.3 Å². The largest absolute Gasteiger partial charge is 0.497 e. The Bertz CT molecular complexity index is 1060. The molecule has 0 spiro atoms. The maximum atomic E-state index is 5.95. The van der Waals surface area contributed by atoms with Crippen LogP contribution in [0.2, 0.25) is 0 Å². The molecule has 0 aromatic heterocycles. The zero-order chi connectivity index (χ0) is 21.0. The minimum absolute atomic E-state index is 0.472. The van der Waals surface area contributed by atoms with Crippen molar-refractivity contribution in [2.75, 3.05) is 20.3 Å². The van der Waals surface area contributed by atoms with Crippen LogP contribution >= 0.6 is 0 Å². The van der Waals surface area contributed by atoms with Crippen LogP contribution in [0.5, 0.6) is 11.5 Å². The molecule has 0 bridgehead atoms. The lowest BCUT2D eigenvalue weighted by Crippen LogP contribution is -2.06. The predicted octanol–water partition coefficient (Wildman–Crippen LogP) is 6.16. The highest BCUT2D eigenvalue weighted by Crippen LogP contribution is 2.42. The van der Waals surface area contributed by atoms with Gasteiger partial charge in [0.25, 0.3) is 0 Å². The number of benzene rings is 3. The van der Waals surface area contributed by atoms with E-state index in [-0.39, 0.29) is 0 Å². The Morgan fingerprint density at radius 1 is 0.871 bits per heavy atom. The van der Waals surface area contributed by atoms with Gasteiger partial charge in [-0.25, -0.2) is 0 Å². The molecule has 2 aliphatic rings. The van der Waals surface area contributed by atoms with Gasteiger partial charge in [-0.2, -0.15) is 0 Å². The second-order valence-corrected chi connectivity index (χ2v) is 8.21. The third kappa shape index (κ3) is 4.52. The Balaban J connectivity index is 1.46. The topological polar surface area (TPSA) is 31.0 Å². The van der Waals surface area contributed by atoms with Gasteiger partial charge in [0.15, 0.2) is 0 Å². The summed E-state index contributed by atoms with van der Waals surface area (Å²) in [4.78, 5) is 0. The predicted molar refractivity (Wildman–Crippen MR) is 125 cm³/mol. The lowest BCUT2D eigenvalue weighted by molar-refractivity contribution is 0.293. The Kier molecular flexibility index (Phi) is 5.77. The minimum atomic E-state index is 0.472. The minimum Gasteiger partial charge on any atom is -0.497 e. The number of rotatable bonds is 8. The molecule has 0 saturated carbocycles. The van der Waals surface area contributed by atoms with Gasteiger partial charge in [-0.1, -0.05) is 48.5 Å². The van der Waals surface area contributed by atoms with Gasteiger partial charge in [-0.3, -0.25) is 0 Å². The van der Waals surface area contributed by atoms with Crippen molar-refractivity contribution >= 4 is 11.1 Å². The fraction of sp³-hybridized carbons (Fsp3) is 0.286. The number of hydrogen-bond donors (Lipinski definition) is 0. The molecule has 1 saturated heterocycles. The lowest BCUT2D eigenvalue weighted by Gasteiger charge is -2.25. The molecule has 0 radical (unpaired) electrons. The first-order valence-corrected chi connectivity index (χ1v) is 11.1. The summed E-state index contributed by atoms with van der Waals surface area (Å²) < 4.78 is 16.7. The van der Waals surface area contributed by atoms with Crippen molar-refractivity contribution in [3.63, 3.8) is 0 Å². The van der Waals surface area contributed by atoms with Gasteiger partial charge in [0.2, 0.25) is 0 Å². The Morgan fingerprint density at radius 3 is 2.39 bits per heavy atom. The average molecular weight is 413 g/mol. The Hall–Kier alpha value is -3.04. The highest BCUT2D eigenvalue weighted by molar-refractivity contribution is 6.00. The van der Waals surface area contributed by atoms with Crippen molar-refractivity contribution in [2.24, 2.45) is 0 Å². The molecule has 3 aromatic rings. The fourth-order valence-electron chi connectivity index (χ4n) is 4.41. The number of ether oxygens (including phenoxy) is 3. The monoisotopic (exact) mass is 412 g/mol. The van der Waals surface area contributed by atoms with E-state index < -0.39 is 0 Å². The van der Waals surface area contributed by atoms with Crippen LogP contribution in [-0.4, -0.2) is 26.4 Å². The van der Waals surface area contributed by atoms with E-state index in [2.05, 4.69) is 72.8 Å². The van der Waals surface area contributed by atoms with E-state index in [0.717, 1.165) is 50.4 Å². The quantitative estimate of drug-likeness (QED) is 0.328. The number of epoxide rings is 1. The highest BCUT2D eigenvalue weighted by atomic mass is 16.6. The summed E-state index contributed by atoms with van der Waals surface area (Å²) in [5.74, 6) is 1.84. The van der Waals surface area contributed by atoms with Crippen LogP contribution in [0.25, 0.3) is 11.1 Å². The van der Waals surface area contributed by atoms with Crippen LogP contribution in [0, 0.1) is 0 Å². The molecule has 3 aromatic carbocycles. The molecule has 1 aliphatic carbocycles. The average Bonchev–Trinajstić information content (AvgIpc) is 3.66. The molecule has 0 N–H and O–H groups in total. The SMILES string of the molecule is COc1ccc2c(c1)CCC(c1ccccc1)=C2c1ccc(OCCCC2CO2)cc1. The molecule has 31 heavy (non-hydrogen) atoms. The zero-order valence-corrected chi connectivity index (χ0v) is 18.0. The summed E-state index contributed by atoms with van der Waals surface area (Å²) in [7, 11) is 1.73. The smallest absolute Gasteiger partial charge is 0.119 e. The van der Waals surface area contributed by atoms with E-state index in [1.807, 2.05) is 0 Å². The number of fused-ring (bicyclic) bond motifs is 1. The van der Waals surface area contributed by atoms with Gasteiger partial charge >= 0.3 is 0 Å². The summed E-state index contributed by atoms with van der Waals surface area (Å²) in [5, 5.41) is 0. The third-order valence-electron chi connectivity index (χ3n) is 6.13. The summed E-state index contributed by atoms with van der Waals surface area (Å²) >= 11 is 0. The lowest BCUT2D eigenvalue weighted by atomic mass is 9.79. The van der Waals surface area contributed by atoms with Crippen LogP contribution in [0.3, 0.4) is 0 Å². The number of aryl methyl sites for hydroxylation is 1. The van der Waals surface area contributed by atoms with Crippen molar-refractivity contribution in [2.45, 2.75) is 31.8 Å². The molecule has 3 heteroatoms. The first-order valence-electron chi connectivity index (χ1n) is 11.1. The van der Waals surface area contributed by atoms with Crippen LogP contribution < -0.4 is 9.47 Å². The second kappa shape index (κ2) is 8.99. The standard InChI is InChI=1S/C28H28O3/c1-29-24-14-16-27-22(18-24)11-15-26(20-6-3-2-4-7-20)28(27)21-9-12-23(13-10-21)30-17-5-8-25-19-31-25/h2-4,6-7,9-10,12-14,16,18,25H,5,8,11,15,17,19H2,1H3. The van der Waals surface area contributed by atoms with Crippen molar-refractivity contribution < 1.29 is 14.2 Å². The molecule has 1 atom stereocenters. The van der Waals surface area contributed by atoms with Crippen LogP contribution in [0.1, 0.15) is 41.5 Å². The summed E-state index contributed by atoms with van der Waals surface area (Å²) in [6, 6.07) is 25.8. The second-order valence-electron chi connectivity index (χ2n) is 8.21. The van der Waals surface area contributed by atoms with E-state index >= 15 is 0 Å². The van der Waals surface area contributed by atoms with Gasteiger partial charge in [0.05, 0.1) is 26.4 Å². The maximum absolute atomic E-state index is 5.95. The molecule has 1 fully saturated rings. The van der Waals surface area contributed by atoms with Crippen LogP contribution in [-0.2, 0) is 11.2 Å². The van der Waals surface area contributed by atoms with E-state index in [1.54, 1.807) is 7.11 Å². The van der Waals surface area contributed by atoms with Gasteiger partial charge in [0, 0.05) is 0 Å². The number of allylic oxidation sites excluding steroid dienone is 1. The fourth-order valence-corrected chi connectivity index (χ4v) is 4.41. The van der Waals surface area contributed by atoms with Crippen LogP contribution in [0.4, 0.5) is 0 Å². The molecule has 1 heterocycles. The van der Waals surface area contributed by atoms with Crippen LogP contribution in [0.15, 0.2) is 72.8 Å². The molecular formula is C28H28O3. The molecule has 3 nitrogen and oxygen atoms in total. The van der Waals surface area contributed by atoms with E-state index in [9.17, 15) is 0 Å². The highest BCUT2D eigenvalue weighted by Gasteiger charge is 2.23. The summed E-state index contributed by atoms with van der Waals surface area (Å²) in [6.45, 7) is 1.65. The van der Waals surface area contributed by atoms with E-state index in [4.69, 9.17) is 14.2 Å². The Morgan fingerprint density at radius 2 is 1.65 bits per heavy atom. The van der Waals surface area contributed by atoms with E-state index in [0.29, 0.717) is 6.10 Å². The van der Waals surface area contributed by atoms with Crippen molar-refractivity contribution in [1.82, 2.24) is 0 Å². The van der Waals surface area contributed by atoms with E-state index in [1.165, 1.54) is 33.4 Å². The molecule has 0 amide bonds. The maximum Gasteiger partial charge on any atom is 0.119 e. The number of methoxy groups -OCH3 is 1. The molecule has 5 rings (SSSR count). The first kappa shape index (κ1) is 19.9. The summed E-state index contributed by atoms with van der Waals surface area (Å²) in [6.07, 6.45) is 4.63. The van der Waals surface area contributed by atoms with Gasteiger partial charge < -0.3 is 14.2 Å². The summed E-state index contributed by atoms with van der Waals surface area (Å²) in [5.41, 5.74) is 7.87. The Labute approximate surface area is 184 Å². The normalized spacial score (nSPS) is 17.3. The molecular weight excluding hydrogens is 384 g/mol. The zero-order valence-electron chi connectivity index (χ0n) is 18.0. The van der Waals surface area contributed by atoms with Crippen molar-refractivity contribution in [3.8, 4) is 11.5 Å². The molecule has 1 aliphatic heterocycles. The van der Waals surface area contributed by atoms with Gasteiger partial charge in [-0.15, -0.1) is 0 Å². The van der Waals surface area contributed by atoms with Crippen molar-refractivity contribution in [3.05, 3.63) is 95.1 Å². The van der Waals surface area contributed by atoms with Crippen molar-refractivity contribution in [1.29, 1.82) is 0 Å². The molecule has 1 unspecified atom stereocenters. The van der Waals surface area contributed by atoms with Gasteiger partial charge in [0.1, 0.15) is 11.5 Å². The first-order chi connectivity index (χ1) is 15.3. The third-order valence-corrected chi connectivity index (χ3v) is 6.13.